The molecular formula is C23H29N5O. The molecule has 0 spiro atoms. The molecule has 0 bridgehead atoms. The van der Waals surface area contributed by atoms with Crippen LogP contribution in [0.15, 0.2) is 35.3 Å². The van der Waals surface area contributed by atoms with Crippen LogP contribution in [0.4, 0.5) is 5.82 Å². The maximum absolute atomic E-state index is 13.4. The first-order valence-corrected chi connectivity index (χ1v) is 10.8. The number of imidazole rings is 1. The molecule has 29 heavy (non-hydrogen) atoms. The Morgan fingerprint density at radius 1 is 1.17 bits per heavy atom. The second-order valence-electron chi connectivity index (χ2n) is 8.93. The Morgan fingerprint density at radius 2 is 1.97 bits per heavy atom. The Bertz CT molecular complexity index is 961. The zero-order chi connectivity index (χ0) is 20.1. The van der Waals surface area contributed by atoms with E-state index in [-0.39, 0.29) is 5.91 Å². The topological polar surface area (TPSA) is 53.7 Å². The lowest BCUT2D eigenvalue weighted by Gasteiger charge is -2.34. The largest absolute Gasteiger partial charge is 0.318 e. The molecule has 0 N–H and O–H groups in total. The maximum Gasteiger partial charge on any atom is 0.280 e. The SMILES string of the molecule is CC(C)CCc1nc2c(n1Cc1ccccc1)C(=O)N(C)C1=N[C@@H]3CCC[C@@H]3N12. The minimum absolute atomic E-state index is 0.00852. The highest BCUT2D eigenvalue weighted by Gasteiger charge is 2.49. The van der Waals surface area contributed by atoms with Gasteiger partial charge in [-0.1, -0.05) is 44.2 Å². The maximum atomic E-state index is 13.4. The van der Waals surface area contributed by atoms with Gasteiger partial charge in [0.05, 0.1) is 12.1 Å². The molecule has 6 heteroatoms. The number of hydrogen-bond donors (Lipinski definition) is 0. The highest BCUT2D eigenvalue weighted by molar-refractivity contribution is 6.18. The molecule has 1 saturated carbocycles. The number of nitrogens with zero attached hydrogens (tertiary/aromatic N) is 5. The van der Waals surface area contributed by atoms with Gasteiger partial charge in [0.2, 0.25) is 5.96 Å². The van der Waals surface area contributed by atoms with Crippen LogP contribution in [-0.2, 0) is 13.0 Å². The molecule has 1 aliphatic carbocycles. The van der Waals surface area contributed by atoms with Crippen LogP contribution >= 0.6 is 0 Å². The molecule has 2 atom stereocenters. The van der Waals surface area contributed by atoms with Gasteiger partial charge in [-0.3, -0.25) is 14.6 Å². The molecule has 5 rings (SSSR count). The molecule has 0 radical (unpaired) electrons. The molecular weight excluding hydrogens is 362 g/mol. The number of aryl methyl sites for hydroxylation is 1. The number of fused-ring (bicyclic) bond motifs is 5. The quantitative estimate of drug-likeness (QED) is 0.781. The van der Waals surface area contributed by atoms with Gasteiger partial charge in [0.1, 0.15) is 5.82 Å². The third-order valence-corrected chi connectivity index (χ3v) is 6.46. The fourth-order valence-electron chi connectivity index (χ4n) is 4.89. The summed E-state index contributed by atoms with van der Waals surface area (Å²) < 4.78 is 2.16. The smallest absolute Gasteiger partial charge is 0.280 e. The molecule has 1 amide bonds. The van der Waals surface area contributed by atoms with Crippen LogP contribution < -0.4 is 4.90 Å². The van der Waals surface area contributed by atoms with E-state index in [9.17, 15) is 4.79 Å². The lowest BCUT2D eigenvalue weighted by Crippen LogP contribution is -2.51. The van der Waals surface area contributed by atoms with Crippen molar-refractivity contribution in [3.63, 3.8) is 0 Å². The predicted molar refractivity (Wildman–Crippen MR) is 114 cm³/mol. The molecule has 3 heterocycles. The molecule has 0 saturated heterocycles. The van der Waals surface area contributed by atoms with Crippen LogP contribution in [0, 0.1) is 5.92 Å². The lowest BCUT2D eigenvalue weighted by molar-refractivity contribution is 0.0854. The van der Waals surface area contributed by atoms with E-state index in [0.717, 1.165) is 49.0 Å². The Morgan fingerprint density at radius 3 is 2.72 bits per heavy atom. The molecule has 152 valence electrons. The van der Waals surface area contributed by atoms with Gasteiger partial charge in [-0.15, -0.1) is 0 Å². The Hall–Kier alpha value is -2.63. The second-order valence-corrected chi connectivity index (χ2v) is 8.93. The number of hydrogen-bond acceptors (Lipinski definition) is 4. The van der Waals surface area contributed by atoms with Crippen molar-refractivity contribution in [3.05, 3.63) is 47.4 Å². The molecule has 2 aliphatic heterocycles. The second kappa shape index (κ2) is 7.01. The number of benzene rings is 1. The fourth-order valence-corrected chi connectivity index (χ4v) is 4.89. The number of rotatable bonds is 5. The number of carbonyl (C=O) groups is 1. The average Bonchev–Trinajstić information content (AvgIpc) is 3.38. The van der Waals surface area contributed by atoms with Crippen molar-refractivity contribution in [2.24, 2.45) is 10.9 Å². The van der Waals surface area contributed by atoms with Gasteiger partial charge < -0.3 is 4.57 Å². The summed E-state index contributed by atoms with van der Waals surface area (Å²) in [6.07, 6.45) is 5.35. The summed E-state index contributed by atoms with van der Waals surface area (Å²) in [4.78, 5) is 27.4. The van der Waals surface area contributed by atoms with Gasteiger partial charge in [0, 0.05) is 20.0 Å². The van der Waals surface area contributed by atoms with E-state index in [2.05, 4.69) is 47.6 Å². The van der Waals surface area contributed by atoms with E-state index < -0.39 is 0 Å². The summed E-state index contributed by atoms with van der Waals surface area (Å²) in [7, 11) is 1.85. The van der Waals surface area contributed by atoms with E-state index in [0.29, 0.717) is 24.5 Å². The molecule has 0 unspecified atom stereocenters. The van der Waals surface area contributed by atoms with Crippen LogP contribution in [-0.4, -0.2) is 45.4 Å². The standard InChI is InChI=1S/C23H29N5O/c1-15(2)12-13-19-25-21-20(27(19)14-16-8-5-4-6-9-16)22(29)26(3)23-24-17-10-7-11-18(17)28(21)23/h4-6,8-9,15,17-18H,7,10-14H2,1-3H3/t17-,18+/m1/s1. The normalized spacial score (nSPS) is 22.8. The summed E-state index contributed by atoms with van der Waals surface area (Å²) in [5, 5.41) is 0. The van der Waals surface area contributed by atoms with Gasteiger partial charge in [0.25, 0.3) is 5.91 Å². The van der Waals surface area contributed by atoms with Gasteiger partial charge in [-0.2, -0.15) is 0 Å². The Balaban J connectivity index is 1.62. The van der Waals surface area contributed by atoms with Crippen LogP contribution in [0.1, 0.15) is 61.4 Å². The summed E-state index contributed by atoms with van der Waals surface area (Å²) in [6.45, 7) is 5.14. The van der Waals surface area contributed by atoms with Crippen molar-refractivity contribution >= 4 is 17.7 Å². The molecule has 6 nitrogen and oxygen atoms in total. The summed E-state index contributed by atoms with van der Waals surface area (Å²) in [5.74, 6) is 3.23. The Labute approximate surface area is 172 Å². The van der Waals surface area contributed by atoms with E-state index in [1.54, 1.807) is 4.90 Å². The molecule has 3 aliphatic rings. The van der Waals surface area contributed by atoms with Gasteiger partial charge in [0.15, 0.2) is 11.5 Å². The monoisotopic (exact) mass is 391 g/mol. The molecule has 1 fully saturated rings. The van der Waals surface area contributed by atoms with Crippen LogP contribution in [0.2, 0.25) is 0 Å². The van der Waals surface area contributed by atoms with Crippen molar-refractivity contribution in [1.29, 1.82) is 0 Å². The van der Waals surface area contributed by atoms with Gasteiger partial charge in [-0.25, -0.2) is 9.98 Å². The zero-order valence-electron chi connectivity index (χ0n) is 17.5. The number of guanidine groups is 1. The van der Waals surface area contributed by atoms with E-state index >= 15 is 0 Å². The minimum atomic E-state index is 0.00852. The van der Waals surface area contributed by atoms with Crippen LogP contribution in [0.5, 0.6) is 0 Å². The zero-order valence-corrected chi connectivity index (χ0v) is 17.5. The highest BCUT2D eigenvalue weighted by Crippen LogP contribution is 2.40. The first-order chi connectivity index (χ1) is 14.0. The van der Waals surface area contributed by atoms with Crippen molar-refractivity contribution < 1.29 is 4.79 Å². The first kappa shape index (κ1) is 18.4. The van der Waals surface area contributed by atoms with E-state index in [1.807, 2.05) is 13.1 Å². The third-order valence-electron chi connectivity index (χ3n) is 6.46. The molecule has 1 aromatic carbocycles. The van der Waals surface area contributed by atoms with E-state index in [1.165, 1.54) is 12.0 Å². The summed E-state index contributed by atoms with van der Waals surface area (Å²) in [5.41, 5.74) is 1.91. The summed E-state index contributed by atoms with van der Waals surface area (Å²) in [6, 6.07) is 11.0. The fraction of sp³-hybridized carbons (Fsp3) is 0.522. The van der Waals surface area contributed by atoms with Crippen molar-refractivity contribution in [3.8, 4) is 0 Å². The highest BCUT2D eigenvalue weighted by atomic mass is 16.2. The van der Waals surface area contributed by atoms with Gasteiger partial charge in [-0.05, 0) is 37.2 Å². The summed E-state index contributed by atoms with van der Waals surface area (Å²) >= 11 is 0. The van der Waals surface area contributed by atoms with Crippen molar-refractivity contribution in [2.45, 2.75) is 64.6 Å². The van der Waals surface area contributed by atoms with Crippen molar-refractivity contribution in [2.75, 3.05) is 11.9 Å². The first-order valence-electron chi connectivity index (χ1n) is 10.8. The van der Waals surface area contributed by atoms with Gasteiger partial charge >= 0.3 is 0 Å². The predicted octanol–water partition coefficient (Wildman–Crippen LogP) is 3.70. The van der Waals surface area contributed by atoms with Crippen LogP contribution in [0.25, 0.3) is 0 Å². The number of anilines is 1. The Kier molecular flexibility index (Phi) is 4.45. The van der Waals surface area contributed by atoms with E-state index in [4.69, 9.17) is 9.98 Å². The average molecular weight is 392 g/mol. The lowest BCUT2D eigenvalue weighted by atomic mass is 10.1. The van der Waals surface area contributed by atoms with Crippen molar-refractivity contribution in [1.82, 2.24) is 14.5 Å². The number of amides is 1. The molecule has 1 aromatic heterocycles. The number of aromatic nitrogens is 2. The third kappa shape index (κ3) is 2.96. The number of aliphatic imine (C=N–C) groups is 1. The molecule has 2 aromatic rings. The minimum Gasteiger partial charge on any atom is -0.318 e. The van der Waals surface area contributed by atoms with Crippen LogP contribution in [0.3, 0.4) is 0 Å². The number of carbonyl (C=O) groups excluding carboxylic acids is 1.